The van der Waals surface area contributed by atoms with Gasteiger partial charge in [-0.3, -0.25) is 0 Å². The van der Waals surface area contributed by atoms with Gasteiger partial charge in [0.2, 0.25) is 0 Å². The summed E-state index contributed by atoms with van der Waals surface area (Å²) in [7, 11) is 3.79. The minimum Gasteiger partial charge on any atom is -0.388 e. The highest BCUT2D eigenvalue weighted by Crippen LogP contribution is 2.19. The van der Waals surface area contributed by atoms with Crippen LogP contribution in [-0.4, -0.2) is 43.9 Å². The lowest BCUT2D eigenvalue weighted by atomic mass is 10.1. The molecule has 0 amide bonds. The van der Waals surface area contributed by atoms with Gasteiger partial charge in [0.05, 0.1) is 6.10 Å². The Balaban J connectivity index is 2.27. The third-order valence-corrected chi connectivity index (χ3v) is 3.46. The van der Waals surface area contributed by atoms with Crippen molar-refractivity contribution in [1.82, 2.24) is 4.90 Å². The van der Waals surface area contributed by atoms with Gasteiger partial charge in [0, 0.05) is 31.3 Å². The highest BCUT2D eigenvalue weighted by atomic mass is 79.9. The molecule has 0 saturated carbocycles. The van der Waals surface area contributed by atoms with E-state index in [-0.39, 0.29) is 6.10 Å². The minimum absolute atomic E-state index is 0.386. The van der Waals surface area contributed by atoms with Crippen LogP contribution in [0.3, 0.4) is 0 Å². The summed E-state index contributed by atoms with van der Waals surface area (Å²) in [5.41, 5.74) is 0.975. The Morgan fingerprint density at radius 2 is 1.94 bits per heavy atom. The van der Waals surface area contributed by atoms with E-state index in [0.29, 0.717) is 0 Å². The van der Waals surface area contributed by atoms with Gasteiger partial charge in [0.15, 0.2) is 0 Å². The van der Waals surface area contributed by atoms with Gasteiger partial charge in [-0.1, -0.05) is 28.1 Å². The molecule has 0 heterocycles. The molecule has 0 aromatic heterocycles. The first-order valence-corrected chi connectivity index (χ1v) is 7.04. The molecule has 0 radical (unpaired) electrons. The largest absolute Gasteiger partial charge is 0.388 e. The predicted octanol–water partition coefficient (Wildman–Crippen LogP) is 2.84. The van der Waals surface area contributed by atoms with Gasteiger partial charge >= 0.3 is 0 Å². The second-order valence-electron chi connectivity index (χ2n) is 4.51. The summed E-state index contributed by atoms with van der Waals surface area (Å²) in [4.78, 5) is 2.22. The number of benzene rings is 1. The van der Waals surface area contributed by atoms with Crippen LogP contribution in [0.4, 0.5) is 0 Å². The zero-order valence-electron chi connectivity index (χ0n) is 11.1. The van der Waals surface area contributed by atoms with Crippen LogP contribution in [0.2, 0.25) is 0 Å². The molecule has 18 heavy (non-hydrogen) atoms. The van der Waals surface area contributed by atoms with Gasteiger partial charge < -0.3 is 14.7 Å². The molecule has 0 aliphatic heterocycles. The van der Waals surface area contributed by atoms with Crippen molar-refractivity contribution in [2.75, 3.05) is 33.9 Å². The molecule has 0 spiro atoms. The van der Waals surface area contributed by atoms with Crippen molar-refractivity contribution in [2.24, 2.45) is 0 Å². The molecule has 0 bridgehead atoms. The Kier molecular flexibility index (Phi) is 7.51. The zero-order valence-corrected chi connectivity index (χ0v) is 12.7. The molecule has 102 valence electrons. The van der Waals surface area contributed by atoms with Crippen molar-refractivity contribution in [2.45, 2.75) is 18.9 Å². The van der Waals surface area contributed by atoms with Crippen molar-refractivity contribution < 1.29 is 9.84 Å². The van der Waals surface area contributed by atoms with Gasteiger partial charge in [0.25, 0.3) is 0 Å². The lowest BCUT2D eigenvalue weighted by Crippen LogP contribution is -2.23. The van der Waals surface area contributed by atoms with E-state index in [1.165, 1.54) is 0 Å². The molecule has 0 saturated heterocycles. The van der Waals surface area contributed by atoms with Gasteiger partial charge in [-0.2, -0.15) is 0 Å². The smallest absolute Gasteiger partial charge is 0.0802 e. The van der Waals surface area contributed by atoms with Gasteiger partial charge in [0.1, 0.15) is 0 Å². The predicted molar refractivity (Wildman–Crippen MR) is 77.7 cm³/mol. The first-order valence-electron chi connectivity index (χ1n) is 6.24. The Morgan fingerprint density at radius 1 is 1.28 bits per heavy atom. The maximum atomic E-state index is 10.1. The first kappa shape index (κ1) is 15.6. The molecule has 1 aromatic rings. The summed E-state index contributed by atoms with van der Waals surface area (Å²) in [6.45, 7) is 2.68. The van der Waals surface area contributed by atoms with E-state index in [9.17, 15) is 5.11 Å². The quantitative estimate of drug-likeness (QED) is 0.749. The number of nitrogens with zero attached hydrogens (tertiary/aromatic N) is 1. The standard InChI is InChI=1S/C14H22BrNO2/c1-16(9-3-11-18-2)10-8-14(17)12-4-6-13(15)7-5-12/h4-7,14,17H,3,8-11H2,1-2H3. The average molecular weight is 316 g/mol. The van der Waals surface area contributed by atoms with Crippen molar-refractivity contribution in [3.05, 3.63) is 34.3 Å². The van der Waals surface area contributed by atoms with Crippen molar-refractivity contribution >= 4 is 15.9 Å². The van der Waals surface area contributed by atoms with Gasteiger partial charge in [-0.25, -0.2) is 0 Å². The average Bonchev–Trinajstić information content (AvgIpc) is 2.37. The second kappa shape index (κ2) is 8.64. The summed E-state index contributed by atoms with van der Waals surface area (Å²) < 4.78 is 6.06. The van der Waals surface area contributed by atoms with Crippen LogP contribution in [0.1, 0.15) is 24.5 Å². The number of aliphatic hydroxyl groups excluding tert-OH is 1. The molecule has 1 aromatic carbocycles. The number of ether oxygens (including phenoxy) is 1. The van der Waals surface area contributed by atoms with Crippen LogP contribution in [0, 0.1) is 0 Å². The first-order chi connectivity index (χ1) is 8.63. The summed E-state index contributed by atoms with van der Waals surface area (Å²) in [5, 5.41) is 10.1. The molecule has 3 nitrogen and oxygen atoms in total. The number of hydrogen-bond donors (Lipinski definition) is 1. The number of aliphatic hydroxyl groups is 1. The number of methoxy groups -OCH3 is 1. The van der Waals surface area contributed by atoms with Crippen LogP contribution >= 0.6 is 15.9 Å². The zero-order chi connectivity index (χ0) is 13.4. The number of hydrogen-bond acceptors (Lipinski definition) is 3. The maximum absolute atomic E-state index is 10.1. The highest BCUT2D eigenvalue weighted by Gasteiger charge is 2.08. The normalized spacial score (nSPS) is 12.9. The van der Waals surface area contributed by atoms with E-state index >= 15 is 0 Å². The molecular weight excluding hydrogens is 294 g/mol. The van der Waals surface area contributed by atoms with Crippen LogP contribution in [0.15, 0.2) is 28.7 Å². The van der Waals surface area contributed by atoms with Crippen molar-refractivity contribution in [1.29, 1.82) is 0 Å². The van der Waals surface area contributed by atoms with Crippen LogP contribution < -0.4 is 0 Å². The molecule has 0 aliphatic rings. The van der Waals surface area contributed by atoms with E-state index in [1.807, 2.05) is 24.3 Å². The summed E-state index contributed by atoms with van der Waals surface area (Å²) in [6.07, 6.45) is 1.40. The van der Waals surface area contributed by atoms with E-state index in [0.717, 1.165) is 42.6 Å². The molecule has 1 rings (SSSR count). The molecule has 4 heteroatoms. The summed E-state index contributed by atoms with van der Waals surface area (Å²) >= 11 is 3.39. The Bertz CT molecular complexity index is 329. The molecule has 0 aliphatic carbocycles. The van der Waals surface area contributed by atoms with Gasteiger partial charge in [-0.15, -0.1) is 0 Å². The molecular formula is C14H22BrNO2. The fourth-order valence-electron chi connectivity index (χ4n) is 1.78. The summed E-state index contributed by atoms with van der Waals surface area (Å²) in [5.74, 6) is 0. The van der Waals surface area contributed by atoms with Crippen LogP contribution in [0.25, 0.3) is 0 Å². The SMILES string of the molecule is COCCCN(C)CCC(O)c1ccc(Br)cc1. The highest BCUT2D eigenvalue weighted by molar-refractivity contribution is 9.10. The van der Waals surface area contributed by atoms with Crippen LogP contribution in [-0.2, 0) is 4.74 Å². The molecule has 1 N–H and O–H groups in total. The Hall–Kier alpha value is -0.420. The van der Waals surface area contributed by atoms with E-state index in [1.54, 1.807) is 7.11 Å². The van der Waals surface area contributed by atoms with Crippen LogP contribution in [0.5, 0.6) is 0 Å². The minimum atomic E-state index is -0.386. The summed E-state index contributed by atoms with van der Waals surface area (Å²) in [6, 6.07) is 7.83. The third-order valence-electron chi connectivity index (χ3n) is 2.93. The third kappa shape index (κ3) is 5.96. The topological polar surface area (TPSA) is 32.7 Å². The lowest BCUT2D eigenvalue weighted by Gasteiger charge is -2.18. The molecule has 1 unspecified atom stereocenters. The monoisotopic (exact) mass is 315 g/mol. The van der Waals surface area contributed by atoms with E-state index in [4.69, 9.17) is 4.74 Å². The van der Waals surface area contributed by atoms with Gasteiger partial charge in [-0.05, 0) is 37.6 Å². The fourth-order valence-corrected chi connectivity index (χ4v) is 2.05. The molecule has 1 atom stereocenters. The number of halogens is 1. The van der Waals surface area contributed by atoms with Crippen molar-refractivity contribution in [3.8, 4) is 0 Å². The lowest BCUT2D eigenvalue weighted by molar-refractivity contribution is 0.141. The van der Waals surface area contributed by atoms with E-state index in [2.05, 4.69) is 27.9 Å². The number of rotatable bonds is 8. The van der Waals surface area contributed by atoms with Crippen molar-refractivity contribution in [3.63, 3.8) is 0 Å². The maximum Gasteiger partial charge on any atom is 0.0802 e. The Labute approximate surface area is 118 Å². The van der Waals surface area contributed by atoms with E-state index < -0.39 is 0 Å². The second-order valence-corrected chi connectivity index (χ2v) is 5.42. The Morgan fingerprint density at radius 3 is 2.56 bits per heavy atom. The fraction of sp³-hybridized carbons (Fsp3) is 0.571. The molecule has 0 fully saturated rings.